The number of hydrogen-bond acceptors (Lipinski definition) is 4. The maximum Gasteiger partial charge on any atom is 0.261 e. The van der Waals surface area contributed by atoms with E-state index in [9.17, 15) is 14.4 Å². The number of imide groups is 1. The molecule has 0 aromatic heterocycles. The van der Waals surface area contributed by atoms with E-state index in [2.05, 4.69) is 5.32 Å². The molecule has 0 fully saturated rings. The van der Waals surface area contributed by atoms with Crippen LogP contribution in [0.4, 0.5) is 5.69 Å². The van der Waals surface area contributed by atoms with Crippen molar-refractivity contribution in [3.05, 3.63) is 64.7 Å². The van der Waals surface area contributed by atoms with Crippen molar-refractivity contribution < 1.29 is 14.4 Å². The fraction of sp³-hybridized carbons (Fsp3) is 0.211. The van der Waals surface area contributed by atoms with Crippen LogP contribution in [-0.2, 0) is 4.79 Å². The molecule has 7 heteroatoms. The van der Waals surface area contributed by atoms with Crippen LogP contribution < -0.4 is 5.32 Å². The molecule has 1 aliphatic rings. The lowest BCUT2D eigenvalue weighted by Gasteiger charge is -2.13. The van der Waals surface area contributed by atoms with Gasteiger partial charge in [0, 0.05) is 17.3 Å². The Hall–Kier alpha value is -2.31. The smallest absolute Gasteiger partial charge is 0.261 e. The zero-order valence-corrected chi connectivity index (χ0v) is 15.5. The zero-order chi connectivity index (χ0) is 18.5. The standard InChI is InChI=1S/C19H17ClN2O3S/c20-13-6-8-14(9-7-13)21-17(23)12-26-11-3-10-22-18(24)15-4-1-2-5-16(15)19(22)25/h1-2,4-9H,3,10-12H2,(H,21,23). The van der Waals surface area contributed by atoms with E-state index < -0.39 is 0 Å². The number of nitrogens with zero attached hydrogens (tertiary/aromatic N) is 1. The lowest BCUT2D eigenvalue weighted by Crippen LogP contribution is -2.31. The van der Waals surface area contributed by atoms with Crippen LogP contribution in [0.1, 0.15) is 27.1 Å². The molecule has 1 aliphatic heterocycles. The lowest BCUT2D eigenvalue weighted by molar-refractivity contribution is -0.113. The van der Waals surface area contributed by atoms with Gasteiger partial charge < -0.3 is 5.32 Å². The Kier molecular flexibility index (Phi) is 5.96. The summed E-state index contributed by atoms with van der Waals surface area (Å²) in [6.45, 7) is 0.359. The van der Waals surface area contributed by atoms with Crippen LogP contribution in [0.25, 0.3) is 0 Å². The van der Waals surface area contributed by atoms with E-state index in [1.54, 1.807) is 48.5 Å². The van der Waals surface area contributed by atoms with Gasteiger partial charge in [0.15, 0.2) is 0 Å². The maximum atomic E-state index is 12.2. The number of halogens is 1. The number of anilines is 1. The Morgan fingerprint density at radius 3 is 2.23 bits per heavy atom. The number of thioether (sulfide) groups is 1. The van der Waals surface area contributed by atoms with Crippen molar-refractivity contribution >= 4 is 46.8 Å². The van der Waals surface area contributed by atoms with Crippen LogP contribution in [0.3, 0.4) is 0 Å². The van der Waals surface area contributed by atoms with Crippen molar-refractivity contribution in [3.8, 4) is 0 Å². The minimum absolute atomic E-state index is 0.0990. The van der Waals surface area contributed by atoms with Crippen LogP contribution in [0, 0.1) is 0 Å². The van der Waals surface area contributed by atoms with E-state index in [1.807, 2.05) is 0 Å². The molecule has 0 saturated heterocycles. The lowest BCUT2D eigenvalue weighted by atomic mass is 10.1. The van der Waals surface area contributed by atoms with Gasteiger partial charge in [0.2, 0.25) is 5.91 Å². The first-order valence-electron chi connectivity index (χ1n) is 8.14. The van der Waals surface area contributed by atoms with Crippen molar-refractivity contribution in [1.82, 2.24) is 4.90 Å². The monoisotopic (exact) mass is 388 g/mol. The molecule has 3 rings (SSSR count). The number of carbonyl (C=O) groups is 3. The summed E-state index contributed by atoms with van der Waals surface area (Å²) in [6, 6.07) is 13.8. The number of rotatable bonds is 7. The maximum absolute atomic E-state index is 12.2. The van der Waals surface area contributed by atoms with Gasteiger partial charge in [0.05, 0.1) is 16.9 Å². The van der Waals surface area contributed by atoms with E-state index in [4.69, 9.17) is 11.6 Å². The summed E-state index contributed by atoms with van der Waals surface area (Å²) in [5.74, 6) is 0.414. The summed E-state index contributed by atoms with van der Waals surface area (Å²) in [6.07, 6.45) is 0.643. The number of fused-ring (bicyclic) bond motifs is 1. The second-order valence-corrected chi connectivity index (χ2v) is 7.31. The van der Waals surface area contributed by atoms with Crippen molar-refractivity contribution in [1.29, 1.82) is 0 Å². The highest BCUT2D eigenvalue weighted by Gasteiger charge is 2.34. The molecule has 0 unspecified atom stereocenters. The normalized spacial score (nSPS) is 13.0. The van der Waals surface area contributed by atoms with Crippen LogP contribution in [-0.4, -0.2) is 40.7 Å². The topological polar surface area (TPSA) is 66.5 Å². The Morgan fingerprint density at radius 1 is 1.00 bits per heavy atom. The highest BCUT2D eigenvalue weighted by atomic mass is 35.5. The molecule has 0 atom stereocenters. The van der Waals surface area contributed by atoms with Crippen LogP contribution in [0.15, 0.2) is 48.5 Å². The molecule has 0 aliphatic carbocycles. The van der Waals surface area contributed by atoms with Gasteiger partial charge in [0.1, 0.15) is 0 Å². The predicted octanol–water partition coefficient (Wildman–Crippen LogP) is 3.70. The molecule has 134 valence electrons. The molecule has 1 heterocycles. The van der Waals surface area contributed by atoms with Crippen molar-refractivity contribution in [2.75, 3.05) is 23.4 Å². The van der Waals surface area contributed by atoms with Gasteiger partial charge in [-0.25, -0.2) is 0 Å². The SMILES string of the molecule is O=C(CSCCCN1C(=O)c2ccccc2C1=O)Nc1ccc(Cl)cc1. The average molecular weight is 389 g/mol. The van der Waals surface area contributed by atoms with Gasteiger partial charge in [-0.3, -0.25) is 19.3 Å². The first kappa shape index (κ1) is 18.5. The Balaban J connectivity index is 1.38. The highest BCUT2D eigenvalue weighted by Crippen LogP contribution is 2.22. The number of hydrogen-bond donors (Lipinski definition) is 1. The molecule has 0 saturated carbocycles. The quantitative estimate of drug-likeness (QED) is 0.580. The third kappa shape index (κ3) is 4.26. The van der Waals surface area contributed by atoms with Gasteiger partial charge in [-0.05, 0) is 48.6 Å². The number of nitrogens with one attached hydrogen (secondary N) is 1. The first-order valence-corrected chi connectivity index (χ1v) is 9.68. The number of amides is 3. The largest absolute Gasteiger partial charge is 0.325 e. The van der Waals surface area contributed by atoms with Crippen molar-refractivity contribution in [2.24, 2.45) is 0 Å². The minimum Gasteiger partial charge on any atom is -0.325 e. The Morgan fingerprint density at radius 2 is 1.62 bits per heavy atom. The van der Waals surface area contributed by atoms with Crippen molar-refractivity contribution in [3.63, 3.8) is 0 Å². The molecule has 2 aromatic rings. The molecule has 26 heavy (non-hydrogen) atoms. The van der Waals surface area contributed by atoms with Crippen LogP contribution in [0.5, 0.6) is 0 Å². The fourth-order valence-corrected chi connectivity index (χ4v) is 3.52. The Labute approximate surface area is 160 Å². The molecule has 3 amide bonds. The van der Waals surface area contributed by atoms with Gasteiger partial charge in [-0.2, -0.15) is 11.8 Å². The molecule has 0 radical (unpaired) electrons. The molecular formula is C19H17ClN2O3S. The third-order valence-electron chi connectivity index (χ3n) is 3.91. The molecule has 0 spiro atoms. The summed E-state index contributed by atoms with van der Waals surface area (Å²) < 4.78 is 0. The molecule has 5 nitrogen and oxygen atoms in total. The third-order valence-corrected chi connectivity index (χ3v) is 5.21. The second kappa shape index (κ2) is 8.38. The summed E-state index contributed by atoms with van der Waals surface area (Å²) in [7, 11) is 0. The molecular weight excluding hydrogens is 372 g/mol. The average Bonchev–Trinajstić information content (AvgIpc) is 2.88. The molecule has 1 N–H and O–H groups in total. The van der Waals surface area contributed by atoms with E-state index in [0.717, 1.165) is 0 Å². The minimum atomic E-state index is -0.240. The van der Waals surface area contributed by atoms with E-state index in [0.29, 0.717) is 46.3 Å². The Bertz CT molecular complexity index is 804. The molecule has 2 aromatic carbocycles. The first-order chi connectivity index (χ1) is 12.6. The highest BCUT2D eigenvalue weighted by molar-refractivity contribution is 7.99. The predicted molar refractivity (Wildman–Crippen MR) is 104 cm³/mol. The second-order valence-electron chi connectivity index (χ2n) is 5.77. The number of benzene rings is 2. The van der Waals surface area contributed by atoms with Crippen LogP contribution in [0.2, 0.25) is 5.02 Å². The summed E-state index contributed by atoms with van der Waals surface area (Å²) in [5, 5.41) is 3.41. The van der Waals surface area contributed by atoms with E-state index >= 15 is 0 Å². The fourth-order valence-electron chi connectivity index (χ4n) is 2.66. The van der Waals surface area contributed by atoms with Crippen LogP contribution >= 0.6 is 23.4 Å². The van der Waals surface area contributed by atoms with E-state index in [1.165, 1.54) is 16.7 Å². The van der Waals surface area contributed by atoms with Gasteiger partial charge in [-0.1, -0.05) is 23.7 Å². The summed E-state index contributed by atoms with van der Waals surface area (Å²) >= 11 is 7.27. The summed E-state index contributed by atoms with van der Waals surface area (Å²) in [5.41, 5.74) is 1.63. The van der Waals surface area contributed by atoms with Gasteiger partial charge in [0.25, 0.3) is 11.8 Å². The molecule has 0 bridgehead atoms. The van der Waals surface area contributed by atoms with E-state index in [-0.39, 0.29) is 17.7 Å². The van der Waals surface area contributed by atoms with Crippen molar-refractivity contribution in [2.45, 2.75) is 6.42 Å². The van der Waals surface area contributed by atoms with Gasteiger partial charge in [-0.15, -0.1) is 0 Å². The summed E-state index contributed by atoms with van der Waals surface area (Å²) in [4.78, 5) is 37.6. The zero-order valence-electron chi connectivity index (χ0n) is 13.9. The number of carbonyl (C=O) groups excluding carboxylic acids is 3. The van der Waals surface area contributed by atoms with Gasteiger partial charge >= 0.3 is 0 Å².